The molecule has 0 unspecified atom stereocenters. The molecule has 1 aromatic carbocycles. The fourth-order valence-corrected chi connectivity index (χ4v) is 5.92. The van der Waals surface area contributed by atoms with Gasteiger partial charge < -0.3 is 18.3 Å². The number of benzene rings is 1. The molecule has 2 aliphatic rings. The number of imidazole rings is 1. The molecule has 1 saturated carbocycles. The standard InChI is InChI=1S/C25H41BN2O3Si/c1-23(2,3)32(8,9)29-20-13-11-19(12-14-20)28-17-27-21-15-10-18(16-22(21)28)26-30-24(4,5)25(6,7)31-26/h10,15-17,19-20H,11-14H2,1-9H3/t19-,20-. The average molecular weight is 457 g/mol. The summed E-state index contributed by atoms with van der Waals surface area (Å²) in [6.45, 7) is 20.1. The number of hydrogen-bond donors (Lipinski definition) is 0. The first-order chi connectivity index (χ1) is 14.7. The van der Waals surface area contributed by atoms with Crippen molar-refractivity contribution in [1.82, 2.24) is 9.55 Å². The van der Waals surface area contributed by atoms with Crippen molar-refractivity contribution in [3.05, 3.63) is 24.5 Å². The molecule has 176 valence electrons. The summed E-state index contributed by atoms with van der Waals surface area (Å²) in [4.78, 5) is 4.69. The Bertz CT molecular complexity index is 955. The highest BCUT2D eigenvalue weighted by Crippen LogP contribution is 2.41. The summed E-state index contributed by atoms with van der Waals surface area (Å²) in [6.07, 6.45) is 6.90. The lowest BCUT2D eigenvalue weighted by Crippen LogP contribution is -2.44. The van der Waals surface area contributed by atoms with Gasteiger partial charge in [-0.2, -0.15) is 0 Å². The van der Waals surface area contributed by atoms with Crippen molar-refractivity contribution in [1.29, 1.82) is 0 Å². The van der Waals surface area contributed by atoms with Crippen LogP contribution >= 0.6 is 0 Å². The monoisotopic (exact) mass is 456 g/mol. The molecule has 0 amide bonds. The van der Waals surface area contributed by atoms with Crippen LogP contribution in [-0.4, -0.2) is 42.3 Å². The largest absolute Gasteiger partial charge is 0.494 e. The maximum atomic E-state index is 6.70. The highest BCUT2D eigenvalue weighted by atomic mass is 28.4. The molecule has 32 heavy (non-hydrogen) atoms. The normalized spacial score (nSPS) is 26.1. The molecule has 4 rings (SSSR count). The molecule has 1 aliphatic heterocycles. The van der Waals surface area contributed by atoms with Gasteiger partial charge in [-0.05, 0) is 89.1 Å². The van der Waals surface area contributed by atoms with E-state index < -0.39 is 8.32 Å². The first-order valence-electron chi connectivity index (χ1n) is 12.2. The van der Waals surface area contributed by atoms with Crippen LogP contribution in [0, 0.1) is 0 Å². The van der Waals surface area contributed by atoms with Crippen LogP contribution in [-0.2, 0) is 13.7 Å². The van der Waals surface area contributed by atoms with Gasteiger partial charge in [-0.15, -0.1) is 0 Å². The predicted octanol–water partition coefficient (Wildman–Crippen LogP) is 5.84. The predicted molar refractivity (Wildman–Crippen MR) is 135 cm³/mol. The number of rotatable bonds is 4. The first kappa shape index (κ1) is 24.0. The molecule has 0 bridgehead atoms. The van der Waals surface area contributed by atoms with Crippen molar-refractivity contribution < 1.29 is 13.7 Å². The van der Waals surface area contributed by atoms with Crippen molar-refractivity contribution in [3.8, 4) is 0 Å². The van der Waals surface area contributed by atoms with Crippen molar-refractivity contribution in [2.24, 2.45) is 0 Å². The maximum Gasteiger partial charge on any atom is 0.494 e. The number of nitrogens with zero attached hydrogens (tertiary/aromatic N) is 2. The van der Waals surface area contributed by atoms with Crippen LogP contribution in [0.1, 0.15) is 80.2 Å². The molecule has 0 atom stereocenters. The van der Waals surface area contributed by atoms with E-state index in [-0.39, 0.29) is 23.4 Å². The van der Waals surface area contributed by atoms with Crippen LogP contribution in [0.5, 0.6) is 0 Å². The summed E-state index contributed by atoms with van der Waals surface area (Å²) < 4.78 is 21.6. The van der Waals surface area contributed by atoms with Crippen LogP contribution in [0.2, 0.25) is 18.1 Å². The molecule has 1 saturated heterocycles. The van der Waals surface area contributed by atoms with Gasteiger partial charge in [0.1, 0.15) is 0 Å². The first-order valence-corrected chi connectivity index (χ1v) is 15.1. The lowest BCUT2D eigenvalue weighted by atomic mass is 9.79. The smallest absolute Gasteiger partial charge is 0.414 e. The summed E-state index contributed by atoms with van der Waals surface area (Å²) in [7, 11) is -2.06. The van der Waals surface area contributed by atoms with E-state index in [4.69, 9.17) is 13.7 Å². The third-order valence-electron chi connectivity index (χ3n) is 8.43. The van der Waals surface area contributed by atoms with Gasteiger partial charge in [-0.25, -0.2) is 4.98 Å². The van der Waals surface area contributed by atoms with Crippen LogP contribution in [0.3, 0.4) is 0 Å². The minimum Gasteiger partial charge on any atom is -0.414 e. The van der Waals surface area contributed by atoms with Gasteiger partial charge in [0.05, 0.1) is 28.6 Å². The zero-order valence-electron chi connectivity index (χ0n) is 21.5. The van der Waals surface area contributed by atoms with Gasteiger partial charge in [0.15, 0.2) is 8.32 Å². The van der Waals surface area contributed by atoms with Gasteiger partial charge in [0.2, 0.25) is 0 Å². The Morgan fingerprint density at radius 1 is 1.03 bits per heavy atom. The van der Waals surface area contributed by atoms with E-state index in [9.17, 15) is 0 Å². The van der Waals surface area contributed by atoms with E-state index in [0.717, 1.165) is 36.7 Å². The Balaban J connectivity index is 1.49. The summed E-state index contributed by atoms with van der Waals surface area (Å²) in [6, 6.07) is 6.86. The molecule has 5 nitrogen and oxygen atoms in total. The zero-order chi connectivity index (χ0) is 23.5. The van der Waals surface area contributed by atoms with Crippen LogP contribution < -0.4 is 5.46 Å². The second-order valence-electron chi connectivity index (χ2n) is 12.3. The van der Waals surface area contributed by atoms with E-state index in [0.29, 0.717) is 12.1 Å². The Labute approximate surface area is 195 Å². The minimum atomic E-state index is -1.72. The third kappa shape index (κ3) is 4.34. The Hall–Kier alpha value is -1.15. The SMILES string of the molecule is CC1(C)OB(c2ccc3ncn([C@H]4CC[C@H](O[Si](C)(C)C(C)(C)C)CC4)c3c2)OC1(C)C. The molecular weight excluding hydrogens is 415 g/mol. The second kappa shape index (κ2) is 7.97. The lowest BCUT2D eigenvalue weighted by Gasteiger charge is -2.41. The molecular formula is C25H41BN2O3Si. The quantitative estimate of drug-likeness (QED) is 0.542. The van der Waals surface area contributed by atoms with Crippen molar-refractivity contribution in [2.45, 2.75) is 116 Å². The molecule has 1 aromatic heterocycles. The maximum absolute atomic E-state index is 6.70. The summed E-state index contributed by atoms with van der Waals surface area (Å²) in [5.41, 5.74) is 2.59. The summed E-state index contributed by atoms with van der Waals surface area (Å²) >= 11 is 0. The minimum absolute atomic E-state index is 0.258. The van der Waals surface area contributed by atoms with Gasteiger partial charge in [-0.3, -0.25) is 0 Å². The molecule has 0 spiro atoms. The highest BCUT2D eigenvalue weighted by molar-refractivity contribution is 6.74. The molecule has 2 fully saturated rings. The Morgan fingerprint density at radius 3 is 2.19 bits per heavy atom. The van der Waals surface area contributed by atoms with E-state index >= 15 is 0 Å². The summed E-state index contributed by atoms with van der Waals surface area (Å²) in [5, 5.41) is 0.258. The molecule has 0 radical (unpaired) electrons. The molecule has 7 heteroatoms. The van der Waals surface area contributed by atoms with Crippen molar-refractivity contribution in [3.63, 3.8) is 0 Å². The fraction of sp³-hybridized carbons (Fsp3) is 0.720. The number of fused-ring (bicyclic) bond motifs is 1. The van der Waals surface area contributed by atoms with E-state index in [1.54, 1.807) is 0 Å². The average Bonchev–Trinajstić information content (AvgIpc) is 3.18. The Kier molecular flexibility index (Phi) is 5.97. The van der Waals surface area contributed by atoms with E-state index in [2.05, 4.69) is 89.3 Å². The van der Waals surface area contributed by atoms with Crippen LogP contribution in [0.4, 0.5) is 0 Å². The summed E-state index contributed by atoms with van der Waals surface area (Å²) in [5.74, 6) is 0. The van der Waals surface area contributed by atoms with E-state index in [1.807, 2.05) is 6.33 Å². The number of hydrogen-bond acceptors (Lipinski definition) is 4. The van der Waals surface area contributed by atoms with E-state index in [1.165, 1.54) is 5.52 Å². The van der Waals surface area contributed by atoms with Crippen LogP contribution in [0.25, 0.3) is 11.0 Å². The van der Waals surface area contributed by atoms with Crippen molar-refractivity contribution in [2.75, 3.05) is 0 Å². The van der Waals surface area contributed by atoms with Gasteiger partial charge in [0.25, 0.3) is 0 Å². The van der Waals surface area contributed by atoms with Gasteiger partial charge in [0, 0.05) is 12.1 Å². The second-order valence-corrected chi connectivity index (χ2v) is 17.1. The lowest BCUT2D eigenvalue weighted by molar-refractivity contribution is 0.00578. The topological polar surface area (TPSA) is 45.5 Å². The van der Waals surface area contributed by atoms with Crippen LogP contribution in [0.15, 0.2) is 24.5 Å². The Morgan fingerprint density at radius 2 is 1.62 bits per heavy atom. The molecule has 1 aliphatic carbocycles. The number of aromatic nitrogens is 2. The van der Waals surface area contributed by atoms with Gasteiger partial charge in [-0.1, -0.05) is 26.8 Å². The third-order valence-corrected chi connectivity index (χ3v) is 13.0. The molecule has 0 N–H and O–H groups in total. The van der Waals surface area contributed by atoms with Crippen molar-refractivity contribution >= 4 is 31.9 Å². The molecule has 2 heterocycles. The highest BCUT2D eigenvalue weighted by Gasteiger charge is 2.51. The molecule has 2 aromatic rings. The van der Waals surface area contributed by atoms with Gasteiger partial charge >= 0.3 is 7.12 Å². The fourth-order valence-electron chi connectivity index (χ4n) is 4.49. The zero-order valence-corrected chi connectivity index (χ0v) is 22.5.